The average Bonchev–Trinajstić information content (AvgIpc) is 3.29. The summed E-state index contributed by atoms with van der Waals surface area (Å²) in [6.45, 7) is 0. The lowest BCUT2D eigenvalue weighted by molar-refractivity contribution is -0.143. The van der Waals surface area contributed by atoms with Crippen LogP contribution in [0.15, 0.2) is 152 Å². The van der Waals surface area contributed by atoms with Crippen molar-refractivity contribution in [2.75, 3.05) is 0 Å². The third-order valence-electron chi connectivity index (χ3n) is 10.2. The highest BCUT2D eigenvalue weighted by atomic mass is 16.6. The van der Waals surface area contributed by atoms with Crippen molar-refractivity contribution >= 4 is 30.0 Å². The van der Waals surface area contributed by atoms with Gasteiger partial charge in [-0.25, -0.2) is 19.2 Å². The number of carbonyl (C=O) groups is 4. The number of aryl methyl sites for hydroxylation is 1. The number of benzene rings is 6. The first-order chi connectivity index (χ1) is 29.4. The fourth-order valence-electron chi connectivity index (χ4n) is 7.39. The Morgan fingerprint density at radius 3 is 1.73 bits per heavy atom. The van der Waals surface area contributed by atoms with E-state index in [1.165, 1.54) is 0 Å². The van der Waals surface area contributed by atoms with Crippen LogP contribution in [0.1, 0.15) is 78.4 Å². The standard InChI is InChI=1S/C52H36O8/c53-47(33-23-35-19-27-41(28-20-35)57-51(55)39-13-3-1-4-14-39)59-45-31-25-37-11-7-9-17-43(37)49(45)50-44-18-10-8-12-38(44)26-32-46(50)60-48(54)34-24-36-21-29-42(30-22-36)58-52(56)40-15-5-2-6-16-40/h1-9,11-17,19-22,26-30,32,45,49H,10,18,25,31H2/t45-,49+/m1/s1. The van der Waals surface area contributed by atoms with E-state index >= 15 is 0 Å². The molecule has 0 aromatic heterocycles. The molecule has 6 aromatic carbocycles. The highest BCUT2D eigenvalue weighted by Gasteiger charge is 2.37. The maximum Gasteiger partial charge on any atom is 0.390 e. The minimum absolute atomic E-state index is 0.341. The lowest BCUT2D eigenvalue weighted by Crippen LogP contribution is -2.32. The van der Waals surface area contributed by atoms with Crippen LogP contribution in [0.3, 0.4) is 0 Å². The number of carbonyl (C=O) groups excluding carboxylic acids is 4. The van der Waals surface area contributed by atoms with Crippen LogP contribution in [0.5, 0.6) is 17.2 Å². The Kier molecular flexibility index (Phi) is 11.7. The van der Waals surface area contributed by atoms with Crippen LogP contribution in [-0.2, 0) is 27.2 Å². The number of hydrogen-bond donors (Lipinski definition) is 0. The maximum absolute atomic E-state index is 13.4. The van der Waals surface area contributed by atoms with Crippen LogP contribution in [0, 0.1) is 23.7 Å². The van der Waals surface area contributed by atoms with E-state index in [2.05, 4.69) is 41.9 Å². The first kappa shape index (κ1) is 38.9. The first-order valence-corrected chi connectivity index (χ1v) is 19.5. The molecule has 0 saturated heterocycles. The summed E-state index contributed by atoms with van der Waals surface area (Å²) in [5.74, 6) is 9.12. The molecule has 292 valence electrons. The van der Waals surface area contributed by atoms with Gasteiger partial charge in [-0.05, 0) is 127 Å². The Hall–Kier alpha value is -7.94. The summed E-state index contributed by atoms with van der Waals surface area (Å²) in [6.07, 6.45) is 6.26. The summed E-state index contributed by atoms with van der Waals surface area (Å²) < 4.78 is 23.1. The molecule has 0 amide bonds. The van der Waals surface area contributed by atoms with Crippen LogP contribution < -0.4 is 14.2 Å². The Balaban J connectivity index is 1.01. The Morgan fingerprint density at radius 1 is 0.550 bits per heavy atom. The van der Waals surface area contributed by atoms with Crippen LogP contribution in [-0.4, -0.2) is 30.0 Å². The van der Waals surface area contributed by atoms with Gasteiger partial charge in [0.25, 0.3) is 0 Å². The van der Waals surface area contributed by atoms with E-state index < -0.39 is 35.9 Å². The van der Waals surface area contributed by atoms with Gasteiger partial charge < -0.3 is 18.9 Å². The number of rotatable bonds is 7. The molecule has 0 spiro atoms. The molecule has 2 atom stereocenters. The fraction of sp³-hybridized carbons (Fsp3) is 0.115. The highest BCUT2D eigenvalue weighted by Crippen LogP contribution is 2.45. The van der Waals surface area contributed by atoms with Crippen LogP contribution in [0.25, 0.3) is 6.08 Å². The number of esters is 4. The second kappa shape index (κ2) is 18.1. The van der Waals surface area contributed by atoms with Crippen LogP contribution in [0.2, 0.25) is 0 Å². The van der Waals surface area contributed by atoms with Gasteiger partial charge in [0.2, 0.25) is 0 Å². The van der Waals surface area contributed by atoms with E-state index in [0.29, 0.717) is 58.8 Å². The third-order valence-corrected chi connectivity index (χ3v) is 10.2. The van der Waals surface area contributed by atoms with Crippen molar-refractivity contribution in [3.8, 4) is 40.9 Å². The Labute approximate surface area is 347 Å². The third kappa shape index (κ3) is 9.26. The van der Waals surface area contributed by atoms with E-state index in [4.69, 9.17) is 18.9 Å². The smallest absolute Gasteiger partial charge is 0.390 e. The molecule has 0 N–H and O–H groups in total. The number of hydrogen-bond acceptors (Lipinski definition) is 8. The van der Waals surface area contributed by atoms with Gasteiger partial charge in [0.15, 0.2) is 0 Å². The summed E-state index contributed by atoms with van der Waals surface area (Å²) >= 11 is 0. The van der Waals surface area contributed by atoms with Gasteiger partial charge in [0.05, 0.1) is 17.0 Å². The largest absolute Gasteiger partial charge is 0.452 e. The SMILES string of the molecule is O=C(C#Cc1ccc(OC(=O)c2ccccc2)cc1)Oc1ccc2c(c1[C@H]1c3ccccc3CC[C@H]1OC(=O)C#Cc1ccc(OC(=O)c3ccccc3)cc1)CCC=C2. The summed E-state index contributed by atoms with van der Waals surface area (Å²) in [4.78, 5) is 51.8. The van der Waals surface area contributed by atoms with Gasteiger partial charge in [-0.1, -0.05) is 90.7 Å². The van der Waals surface area contributed by atoms with Gasteiger partial charge in [0.1, 0.15) is 23.4 Å². The van der Waals surface area contributed by atoms with Gasteiger partial charge in [0, 0.05) is 28.5 Å². The molecule has 8 heteroatoms. The lowest BCUT2D eigenvalue weighted by atomic mass is 9.73. The molecule has 0 saturated carbocycles. The Bertz CT molecular complexity index is 2730. The predicted octanol–water partition coefficient (Wildman–Crippen LogP) is 9.08. The van der Waals surface area contributed by atoms with Crippen LogP contribution >= 0.6 is 0 Å². The zero-order chi connectivity index (χ0) is 41.3. The molecule has 8 rings (SSSR count). The van der Waals surface area contributed by atoms with E-state index in [1.54, 1.807) is 103 Å². The van der Waals surface area contributed by atoms with Crippen molar-refractivity contribution in [3.05, 3.63) is 202 Å². The zero-order valence-corrected chi connectivity index (χ0v) is 32.3. The predicted molar refractivity (Wildman–Crippen MR) is 225 cm³/mol. The molecule has 8 nitrogen and oxygen atoms in total. The Morgan fingerprint density at radius 2 is 1.12 bits per heavy atom. The monoisotopic (exact) mass is 788 g/mol. The molecule has 0 radical (unpaired) electrons. The van der Waals surface area contributed by atoms with Gasteiger partial charge in [-0.2, -0.15) is 0 Å². The molecule has 2 aliphatic rings. The molecule has 0 bridgehead atoms. The van der Waals surface area contributed by atoms with Gasteiger partial charge in [-0.3, -0.25) is 0 Å². The molecule has 0 unspecified atom stereocenters. The molecular formula is C52H36O8. The van der Waals surface area contributed by atoms with E-state index in [9.17, 15) is 19.2 Å². The van der Waals surface area contributed by atoms with Crippen molar-refractivity contribution < 1.29 is 38.1 Å². The minimum Gasteiger partial charge on any atom is -0.452 e. The molecule has 0 heterocycles. The molecule has 2 aliphatic carbocycles. The van der Waals surface area contributed by atoms with Gasteiger partial charge in [-0.15, -0.1) is 0 Å². The fourth-order valence-corrected chi connectivity index (χ4v) is 7.39. The maximum atomic E-state index is 13.4. The molecule has 60 heavy (non-hydrogen) atoms. The van der Waals surface area contributed by atoms with Gasteiger partial charge >= 0.3 is 23.9 Å². The molecule has 0 fully saturated rings. The molecule has 0 aliphatic heterocycles. The minimum atomic E-state index is -0.758. The van der Waals surface area contributed by atoms with Crippen molar-refractivity contribution in [1.29, 1.82) is 0 Å². The average molecular weight is 789 g/mol. The van der Waals surface area contributed by atoms with E-state index in [0.717, 1.165) is 34.2 Å². The van der Waals surface area contributed by atoms with E-state index in [1.807, 2.05) is 36.4 Å². The summed E-state index contributed by atoms with van der Waals surface area (Å²) in [5, 5.41) is 0. The van der Waals surface area contributed by atoms with Crippen molar-refractivity contribution in [3.63, 3.8) is 0 Å². The lowest BCUT2D eigenvalue weighted by Gasteiger charge is -2.35. The topological polar surface area (TPSA) is 105 Å². The molecule has 6 aromatic rings. The second-order valence-corrected chi connectivity index (χ2v) is 14.1. The first-order valence-electron chi connectivity index (χ1n) is 19.5. The normalized spacial score (nSPS) is 14.7. The summed E-state index contributed by atoms with van der Waals surface area (Å²) in [7, 11) is 0. The van der Waals surface area contributed by atoms with Crippen molar-refractivity contribution in [2.24, 2.45) is 0 Å². The zero-order valence-electron chi connectivity index (χ0n) is 32.3. The van der Waals surface area contributed by atoms with Crippen molar-refractivity contribution in [2.45, 2.75) is 37.7 Å². The van der Waals surface area contributed by atoms with Crippen molar-refractivity contribution in [1.82, 2.24) is 0 Å². The quantitative estimate of drug-likeness (QED) is 0.0897. The number of allylic oxidation sites excluding steroid dienone is 1. The van der Waals surface area contributed by atoms with Crippen LogP contribution in [0.4, 0.5) is 0 Å². The summed E-state index contributed by atoms with van der Waals surface area (Å²) in [6, 6.07) is 42.2. The number of ether oxygens (including phenoxy) is 4. The highest BCUT2D eigenvalue weighted by molar-refractivity contribution is 5.93. The second-order valence-electron chi connectivity index (χ2n) is 14.1. The number of fused-ring (bicyclic) bond motifs is 2. The summed E-state index contributed by atoms with van der Waals surface area (Å²) in [5.41, 5.74) is 6.82. The molecular weight excluding hydrogens is 753 g/mol. The van der Waals surface area contributed by atoms with E-state index in [-0.39, 0.29) is 0 Å².